The first-order chi connectivity index (χ1) is 43.3. The van der Waals surface area contributed by atoms with E-state index in [2.05, 4.69) is 342 Å². The van der Waals surface area contributed by atoms with Crippen molar-refractivity contribution in [2.75, 3.05) is 4.90 Å². The Morgan fingerprint density at radius 3 is 1.43 bits per heavy atom. The van der Waals surface area contributed by atoms with E-state index in [0.717, 1.165) is 89.8 Å². The maximum absolute atomic E-state index is 7.71. The van der Waals surface area contributed by atoms with Gasteiger partial charge in [0.25, 0.3) is 0 Å². The molecule has 2 aliphatic heterocycles. The van der Waals surface area contributed by atoms with Crippen molar-refractivity contribution in [3.8, 4) is 56.3 Å². The van der Waals surface area contributed by atoms with Gasteiger partial charge in [0.2, 0.25) is 0 Å². The highest BCUT2D eigenvalue weighted by atomic mass is 16.5. The topological polar surface area (TPSA) is 22.3 Å². The van der Waals surface area contributed by atoms with Crippen LogP contribution in [0.3, 0.4) is 0 Å². The molecule has 1 unspecified atom stereocenters. The monoisotopic (exact) mass is 1190 g/mol. The summed E-state index contributed by atoms with van der Waals surface area (Å²) in [7, 11) is 0. The minimum atomic E-state index is -0.193. The van der Waals surface area contributed by atoms with Crippen LogP contribution in [0.2, 0.25) is 0 Å². The second kappa shape index (κ2) is 20.6. The van der Waals surface area contributed by atoms with Crippen LogP contribution in [0.25, 0.3) is 88.4 Å². The van der Waals surface area contributed by atoms with E-state index in [-0.39, 0.29) is 33.0 Å². The minimum Gasteiger partial charge on any atom is -0.457 e. The van der Waals surface area contributed by atoms with E-state index in [1.165, 1.54) is 71.6 Å². The van der Waals surface area contributed by atoms with Gasteiger partial charge in [-0.25, -0.2) is 0 Å². The Balaban J connectivity index is 1.12. The van der Waals surface area contributed by atoms with Crippen molar-refractivity contribution in [2.45, 2.75) is 137 Å². The van der Waals surface area contributed by atoms with Gasteiger partial charge < -0.3 is 18.8 Å². The molecule has 0 saturated heterocycles. The van der Waals surface area contributed by atoms with Crippen LogP contribution in [0.4, 0.5) is 17.1 Å². The van der Waals surface area contributed by atoms with Crippen LogP contribution in [0.1, 0.15) is 154 Å². The van der Waals surface area contributed by atoms with Gasteiger partial charge in [-0.3, -0.25) is 0 Å². The number of hydrogen-bond acceptors (Lipinski definition) is 2. The van der Waals surface area contributed by atoms with Gasteiger partial charge in [-0.05, 0) is 156 Å². The molecule has 0 amide bonds. The van der Waals surface area contributed by atoms with Crippen molar-refractivity contribution in [2.24, 2.45) is 0 Å². The third-order valence-corrected chi connectivity index (χ3v) is 19.7. The van der Waals surface area contributed by atoms with Crippen LogP contribution < -0.4 is 9.64 Å². The van der Waals surface area contributed by atoms with E-state index in [0.29, 0.717) is 0 Å². The fourth-order valence-electron chi connectivity index (χ4n) is 14.6. The minimum absolute atomic E-state index is 0.0494. The predicted molar refractivity (Wildman–Crippen MR) is 387 cm³/mol. The second-order valence-corrected chi connectivity index (χ2v) is 31.1. The molecular formula is C87H83N3O. The van der Waals surface area contributed by atoms with E-state index >= 15 is 0 Å². The quantitative estimate of drug-likeness (QED) is 0.166. The lowest BCUT2D eigenvalue weighted by Crippen LogP contribution is -2.27. The first-order valence-electron chi connectivity index (χ1n) is 32.8. The first kappa shape index (κ1) is 58.0. The lowest BCUT2D eigenvalue weighted by atomic mass is 9.74. The van der Waals surface area contributed by atoms with Gasteiger partial charge in [0.15, 0.2) is 0 Å². The number of para-hydroxylation sites is 2. The predicted octanol–water partition coefficient (Wildman–Crippen LogP) is 24.4. The van der Waals surface area contributed by atoms with E-state index in [1.807, 2.05) is 0 Å². The van der Waals surface area contributed by atoms with Crippen LogP contribution in [-0.2, 0) is 27.1 Å². The van der Waals surface area contributed by atoms with Crippen LogP contribution in [0.5, 0.6) is 11.5 Å². The number of fused-ring (bicyclic) bond motifs is 10. The van der Waals surface area contributed by atoms with Crippen molar-refractivity contribution >= 4 is 60.7 Å². The number of nitrogens with zero attached hydrogens (tertiary/aromatic N) is 3. The molecule has 2 aliphatic rings. The Hall–Kier alpha value is -9.38. The average Bonchev–Trinajstić information content (AvgIpc) is 1.64. The number of ether oxygens (including phenoxy) is 1. The smallest absolute Gasteiger partial charge is 0.135 e. The summed E-state index contributed by atoms with van der Waals surface area (Å²) in [5.74, 6) is 1.54. The molecule has 0 fully saturated rings. The maximum atomic E-state index is 7.71. The van der Waals surface area contributed by atoms with Crippen LogP contribution in [-0.4, -0.2) is 9.13 Å². The van der Waals surface area contributed by atoms with Gasteiger partial charge in [0.1, 0.15) is 11.5 Å². The average molecular weight is 1190 g/mol. The fourth-order valence-corrected chi connectivity index (χ4v) is 14.6. The van der Waals surface area contributed by atoms with Crippen LogP contribution in [0.15, 0.2) is 224 Å². The summed E-state index contributed by atoms with van der Waals surface area (Å²) in [6.45, 7) is 35.0. The summed E-state index contributed by atoms with van der Waals surface area (Å²) >= 11 is 0. The molecule has 4 nitrogen and oxygen atoms in total. The molecule has 2 aromatic heterocycles. The fraction of sp³-hybridized carbons (Fsp3) is 0.241. The highest BCUT2D eigenvalue weighted by Crippen LogP contribution is 2.63. The molecule has 4 heterocycles. The number of benzene rings is 11. The molecule has 91 heavy (non-hydrogen) atoms. The molecule has 0 N–H and O–H groups in total. The van der Waals surface area contributed by atoms with E-state index in [1.54, 1.807) is 0 Å². The Morgan fingerprint density at radius 2 is 0.835 bits per heavy atom. The molecule has 13 aromatic rings. The van der Waals surface area contributed by atoms with Gasteiger partial charge in [-0.2, -0.15) is 0 Å². The summed E-state index contributed by atoms with van der Waals surface area (Å²) in [5, 5.41) is 4.89. The van der Waals surface area contributed by atoms with Gasteiger partial charge in [-0.15, -0.1) is 0 Å². The van der Waals surface area contributed by atoms with E-state index < -0.39 is 0 Å². The molecule has 0 radical (unpaired) electrons. The van der Waals surface area contributed by atoms with Gasteiger partial charge in [0, 0.05) is 61.5 Å². The molecule has 4 heteroatoms. The normalized spacial score (nSPS) is 14.3. The lowest BCUT2D eigenvalue weighted by molar-refractivity contribution is 0.452. The molecule has 0 spiro atoms. The Kier molecular flexibility index (Phi) is 13.1. The summed E-state index contributed by atoms with van der Waals surface area (Å²) in [4.78, 5) is 2.69. The third-order valence-electron chi connectivity index (χ3n) is 19.7. The maximum Gasteiger partial charge on any atom is 0.135 e. The molecule has 0 aliphatic carbocycles. The van der Waals surface area contributed by atoms with Crippen molar-refractivity contribution in [3.63, 3.8) is 0 Å². The van der Waals surface area contributed by atoms with Gasteiger partial charge in [-0.1, -0.05) is 249 Å². The second-order valence-electron chi connectivity index (χ2n) is 31.1. The molecule has 452 valence electrons. The van der Waals surface area contributed by atoms with E-state index in [9.17, 15) is 0 Å². The first-order valence-corrected chi connectivity index (χ1v) is 32.8. The lowest BCUT2D eigenvalue weighted by Gasteiger charge is -2.43. The summed E-state index contributed by atoms with van der Waals surface area (Å²) < 4.78 is 12.7. The Labute approximate surface area is 538 Å². The SMILES string of the molecule is CC(C)(C)c1cc(-c2ccc3c(c2)C2c4ccc(C(C)(C)C)cc4N(c4c(-c5ccccc5)cc5c(c4-c4ccccc4)c4ccccc4n5-c4ccccc4)c4cc(-n5c6ccc(C(C)(C)C)cc6c6cc(C(C)(C)C)ccc65)cc(c42)O3)cc(C(C)(C)C)c1. The molecule has 0 saturated carbocycles. The Morgan fingerprint density at radius 1 is 0.319 bits per heavy atom. The zero-order chi connectivity index (χ0) is 63.4. The van der Waals surface area contributed by atoms with Crippen LogP contribution >= 0.6 is 0 Å². The zero-order valence-electron chi connectivity index (χ0n) is 55.7. The van der Waals surface area contributed by atoms with Gasteiger partial charge >= 0.3 is 0 Å². The van der Waals surface area contributed by atoms with Crippen molar-refractivity contribution < 1.29 is 4.74 Å². The molecule has 0 bridgehead atoms. The van der Waals surface area contributed by atoms with Crippen molar-refractivity contribution in [1.29, 1.82) is 0 Å². The summed E-state index contributed by atoms with van der Waals surface area (Å²) in [6, 6.07) is 85.7. The number of hydrogen-bond donors (Lipinski definition) is 0. The number of aromatic nitrogens is 2. The standard InChI is InChI=1S/C87H83N3O/c1-83(2,3)57-37-40-71-67(47-57)68-48-58(84(4,5)6)38-41-72(68)89(71)63-50-74-81-77(51-63)91-76-42-35-55(56-43-60(86(10,11)12)46-61(44-56)87(13,14)15)45-69(76)79(81)65-39-36-59(85(7,8)9)49-73(65)90(74)82-66(53-27-19-16-20-28-53)52-75-80(78(82)54-29-21-17-22-30-54)64-33-25-26-34-70(64)88(75)62-31-23-18-24-32-62/h16-52,79H,1-15H3. The Bertz CT molecular complexity index is 4970. The van der Waals surface area contributed by atoms with Crippen LogP contribution in [0, 0.1) is 0 Å². The molecule has 11 aromatic carbocycles. The number of anilines is 3. The van der Waals surface area contributed by atoms with Gasteiger partial charge in [0.05, 0.1) is 44.8 Å². The van der Waals surface area contributed by atoms with E-state index in [4.69, 9.17) is 4.74 Å². The summed E-state index contributed by atoms with van der Waals surface area (Å²) in [5.41, 5.74) is 26.8. The largest absolute Gasteiger partial charge is 0.457 e. The molecular weight excluding hydrogens is 1100 g/mol. The molecule has 1 atom stereocenters. The summed E-state index contributed by atoms with van der Waals surface area (Å²) in [6.07, 6.45) is 0. The number of rotatable bonds is 6. The highest BCUT2D eigenvalue weighted by molar-refractivity contribution is 6.22. The molecule has 15 rings (SSSR count). The zero-order valence-corrected chi connectivity index (χ0v) is 55.7. The highest BCUT2D eigenvalue weighted by Gasteiger charge is 2.43. The van der Waals surface area contributed by atoms with Crippen molar-refractivity contribution in [1.82, 2.24) is 9.13 Å². The van der Waals surface area contributed by atoms with Crippen molar-refractivity contribution in [3.05, 3.63) is 269 Å². The third kappa shape index (κ3) is 9.62.